The fourth-order valence-electron chi connectivity index (χ4n) is 7.57. The highest BCUT2D eigenvalue weighted by atomic mass is 16.6. The van der Waals surface area contributed by atoms with Gasteiger partial charge < -0.3 is 9.84 Å². The number of Topliss-reactive ketones (excluding diaryl/α,β-unsaturated/α-hetero) is 1. The Morgan fingerprint density at radius 1 is 1.20 bits per heavy atom. The first-order valence-corrected chi connectivity index (χ1v) is 9.84. The minimum atomic E-state index is -0.753. The molecule has 0 aromatic heterocycles. The highest BCUT2D eigenvalue weighted by molar-refractivity contribution is 5.92. The van der Waals surface area contributed by atoms with E-state index in [1.165, 1.54) is 0 Å². The van der Waals surface area contributed by atoms with Gasteiger partial charge in [0.15, 0.2) is 17.2 Å². The molecule has 0 radical (unpaired) electrons. The third-order valence-electron chi connectivity index (χ3n) is 9.10. The van der Waals surface area contributed by atoms with E-state index in [1.54, 1.807) is 6.92 Å². The molecular formula is C21H28O4. The van der Waals surface area contributed by atoms with Gasteiger partial charge in [-0.15, -0.1) is 0 Å². The van der Waals surface area contributed by atoms with Crippen LogP contribution in [0.25, 0.3) is 0 Å². The number of ketones is 2. The average molecular weight is 344 g/mol. The second kappa shape index (κ2) is 4.45. The number of hydrogen-bond acceptors (Lipinski definition) is 4. The highest BCUT2D eigenvalue weighted by Gasteiger charge is 2.81. The largest absolute Gasteiger partial charge is 0.389 e. The molecule has 7 atom stereocenters. The van der Waals surface area contributed by atoms with Gasteiger partial charge in [-0.05, 0) is 63.4 Å². The van der Waals surface area contributed by atoms with E-state index in [-0.39, 0.29) is 34.4 Å². The van der Waals surface area contributed by atoms with Crippen LogP contribution < -0.4 is 0 Å². The summed E-state index contributed by atoms with van der Waals surface area (Å²) in [5.74, 6) is 0.916. The summed E-state index contributed by atoms with van der Waals surface area (Å²) in [4.78, 5) is 24.3. The summed E-state index contributed by atoms with van der Waals surface area (Å²) in [7, 11) is 0. The van der Waals surface area contributed by atoms with Crippen molar-refractivity contribution < 1.29 is 19.4 Å². The third kappa shape index (κ3) is 1.58. The topological polar surface area (TPSA) is 66.9 Å². The van der Waals surface area contributed by atoms with Gasteiger partial charge in [0.25, 0.3) is 0 Å². The quantitative estimate of drug-likeness (QED) is 0.743. The average Bonchev–Trinajstić information content (AvgIpc) is 3.23. The summed E-state index contributed by atoms with van der Waals surface area (Å²) in [5.41, 5.74) is -0.619. The van der Waals surface area contributed by atoms with Crippen LogP contribution in [-0.2, 0) is 14.3 Å². The second-order valence-corrected chi connectivity index (χ2v) is 9.70. The van der Waals surface area contributed by atoms with Crippen LogP contribution in [0.2, 0.25) is 0 Å². The summed E-state index contributed by atoms with van der Waals surface area (Å²) in [5, 5.41) is 11.9. The number of hydrogen-bond donors (Lipinski definition) is 1. The van der Waals surface area contributed by atoms with Crippen LogP contribution >= 0.6 is 0 Å². The molecule has 0 aromatic carbocycles. The standard InChI is InChI=1S/C21H28O4/c1-12(22)21-17(25-21)11-16-15-5-4-13-10-14(23)6-7-18(13,2)20(15,24)9-8-19(16,21)3/h10,15-17,24H,4-9,11H2,1-3H3/t15-,16-,17+,18-,19-,20+,21+/m0/s1. The molecule has 1 saturated heterocycles. The Bertz CT molecular complexity index is 725. The number of carbonyl (C=O) groups is 2. The molecule has 3 saturated carbocycles. The molecule has 0 unspecified atom stereocenters. The van der Waals surface area contributed by atoms with Gasteiger partial charge in [0, 0.05) is 17.3 Å². The van der Waals surface area contributed by atoms with E-state index in [0.717, 1.165) is 37.7 Å². The van der Waals surface area contributed by atoms with Gasteiger partial charge >= 0.3 is 0 Å². The Hall–Kier alpha value is -1.00. The summed E-state index contributed by atoms with van der Waals surface area (Å²) in [6.45, 7) is 6.07. The van der Waals surface area contributed by atoms with Gasteiger partial charge in [0.2, 0.25) is 0 Å². The monoisotopic (exact) mass is 344 g/mol. The normalized spacial score (nSPS) is 56.2. The van der Waals surface area contributed by atoms with Crippen molar-refractivity contribution in [1.82, 2.24) is 0 Å². The fourth-order valence-corrected chi connectivity index (χ4v) is 7.57. The van der Waals surface area contributed by atoms with Crippen LogP contribution in [0.4, 0.5) is 0 Å². The lowest BCUT2D eigenvalue weighted by molar-refractivity contribution is -0.202. The van der Waals surface area contributed by atoms with Crippen molar-refractivity contribution in [3.8, 4) is 0 Å². The molecule has 4 aliphatic carbocycles. The van der Waals surface area contributed by atoms with Crippen LogP contribution in [0.15, 0.2) is 11.6 Å². The lowest BCUT2D eigenvalue weighted by atomic mass is 9.44. The van der Waals surface area contributed by atoms with E-state index in [9.17, 15) is 14.7 Å². The molecule has 5 aliphatic rings. The smallest absolute Gasteiger partial charge is 0.164 e. The second-order valence-electron chi connectivity index (χ2n) is 9.70. The Morgan fingerprint density at radius 2 is 1.96 bits per heavy atom. The Morgan fingerprint density at radius 3 is 2.68 bits per heavy atom. The lowest BCUT2D eigenvalue weighted by Gasteiger charge is -2.63. The number of carbonyl (C=O) groups excluding carboxylic acids is 2. The first-order valence-electron chi connectivity index (χ1n) is 9.84. The van der Waals surface area contributed by atoms with Crippen molar-refractivity contribution in [1.29, 1.82) is 0 Å². The molecular weight excluding hydrogens is 316 g/mol. The number of rotatable bonds is 1. The highest BCUT2D eigenvalue weighted by Crippen LogP contribution is 2.74. The SMILES string of the molecule is CC(=O)[C@@]12O[C@@H]1C[C@H]1[C@@H]3CCC4=CC(=O)CC[C@]4(C)[C@@]3(O)CC[C@@]12C. The van der Waals surface area contributed by atoms with E-state index in [1.807, 2.05) is 6.08 Å². The van der Waals surface area contributed by atoms with Crippen LogP contribution in [0, 0.1) is 22.7 Å². The molecule has 4 heteroatoms. The molecule has 25 heavy (non-hydrogen) atoms. The van der Waals surface area contributed by atoms with E-state index in [0.29, 0.717) is 18.8 Å². The number of aliphatic hydroxyl groups is 1. The molecule has 4 nitrogen and oxygen atoms in total. The molecule has 0 bridgehead atoms. The van der Waals surface area contributed by atoms with E-state index in [4.69, 9.17) is 4.74 Å². The molecule has 1 heterocycles. The third-order valence-corrected chi connectivity index (χ3v) is 9.10. The van der Waals surface area contributed by atoms with Crippen molar-refractivity contribution >= 4 is 11.6 Å². The zero-order valence-corrected chi connectivity index (χ0v) is 15.4. The van der Waals surface area contributed by atoms with Gasteiger partial charge in [0.1, 0.15) is 0 Å². The lowest BCUT2D eigenvalue weighted by Crippen LogP contribution is -2.64. The van der Waals surface area contributed by atoms with Crippen LogP contribution in [0.5, 0.6) is 0 Å². The number of epoxide rings is 1. The van der Waals surface area contributed by atoms with Crippen molar-refractivity contribution in [3.63, 3.8) is 0 Å². The maximum Gasteiger partial charge on any atom is 0.164 e. The fraction of sp³-hybridized carbons (Fsp3) is 0.810. The van der Waals surface area contributed by atoms with Crippen molar-refractivity contribution in [3.05, 3.63) is 11.6 Å². The first kappa shape index (κ1) is 16.2. The number of ether oxygens (including phenoxy) is 1. The Labute approximate surface area is 149 Å². The van der Waals surface area contributed by atoms with Gasteiger partial charge in [-0.3, -0.25) is 9.59 Å². The molecule has 1 aliphatic heterocycles. The van der Waals surface area contributed by atoms with Gasteiger partial charge in [-0.25, -0.2) is 0 Å². The summed E-state index contributed by atoms with van der Waals surface area (Å²) in [6, 6.07) is 0. The Balaban J connectivity index is 1.57. The molecule has 0 aromatic rings. The predicted molar refractivity (Wildman–Crippen MR) is 91.8 cm³/mol. The summed E-state index contributed by atoms with van der Waals surface area (Å²) in [6.07, 6.45) is 7.43. The summed E-state index contributed by atoms with van der Waals surface area (Å²) >= 11 is 0. The zero-order valence-electron chi connectivity index (χ0n) is 15.4. The van der Waals surface area contributed by atoms with Gasteiger partial charge in [-0.1, -0.05) is 19.4 Å². The molecule has 5 rings (SSSR count). The maximum atomic E-state index is 12.4. The van der Waals surface area contributed by atoms with E-state index < -0.39 is 11.2 Å². The Kier molecular flexibility index (Phi) is 2.88. The molecule has 4 fully saturated rings. The van der Waals surface area contributed by atoms with E-state index >= 15 is 0 Å². The van der Waals surface area contributed by atoms with Crippen LogP contribution in [0.1, 0.15) is 65.7 Å². The van der Waals surface area contributed by atoms with Crippen molar-refractivity contribution in [2.45, 2.75) is 83.0 Å². The predicted octanol–water partition coefficient (Wildman–Crippen LogP) is 2.97. The minimum absolute atomic E-state index is 0.0556. The first-order chi connectivity index (χ1) is 11.7. The van der Waals surface area contributed by atoms with Crippen molar-refractivity contribution in [2.75, 3.05) is 0 Å². The molecule has 1 N–H and O–H groups in total. The van der Waals surface area contributed by atoms with Crippen LogP contribution in [0.3, 0.4) is 0 Å². The van der Waals surface area contributed by atoms with Crippen molar-refractivity contribution in [2.24, 2.45) is 22.7 Å². The maximum absolute atomic E-state index is 12.4. The summed E-state index contributed by atoms with van der Waals surface area (Å²) < 4.78 is 5.95. The van der Waals surface area contributed by atoms with E-state index in [2.05, 4.69) is 13.8 Å². The van der Waals surface area contributed by atoms with Gasteiger partial charge in [-0.2, -0.15) is 0 Å². The molecule has 0 amide bonds. The molecule has 0 spiro atoms. The number of fused-ring (bicyclic) bond motifs is 7. The minimum Gasteiger partial charge on any atom is -0.389 e. The van der Waals surface area contributed by atoms with Crippen LogP contribution in [-0.4, -0.2) is 34.0 Å². The van der Waals surface area contributed by atoms with Gasteiger partial charge in [0.05, 0.1) is 11.7 Å². The zero-order chi connectivity index (χ0) is 17.8. The molecule has 136 valence electrons.